The third kappa shape index (κ3) is 6.37. The Morgan fingerprint density at radius 1 is 0.853 bits per heavy atom. The predicted octanol–water partition coefficient (Wildman–Crippen LogP) is 10.6. The minimum Gasteiger partial charge on any atom is -0.238 e. The molecule has 34 heavy (non-hydrogen) atoms. The van der Waals surface area contributed by atoms with Crippen LogP contribution in [0.5, 0.6) is 0 Å². The molecule has 0 aliphatic carbocycles. The summed E-state index contributed by atoms with van der Waals surface area (Å²) in [4.78, 5) is 14.8. The molecule has 0 fully saturated rings. The Hall–Kier alpha value is -1.52. The fourth-order valence-corrected chi connectivity index (χ4v) is 8.48. The summed E-state index contributed by atoms with van der Waals surface area (Å²) in [6.07, 6.45) is 7.72. The van der Waals surface area contributed by atoms with Crippen LogP contribution in [0.2, 0.25) is 0 Å². The van der Waals surface area contributed by atoms with E-state index in [1.807, 2.05) is 6.08 Å². The van der Waals surface area contributed by atoms with Crippen LogP contribution in [0.25, 0.3) is 35.6 Å². The van der Waals surface area contributed by atoms with Gasteiger partial charge in [-0.15, -0.1) is 45.3 Å². The average molecular weight is 649 g/mol. The standard InChI is InChI=1S/C26H20Br2N2S4/c1-3-5-7-9-11-17-23(19-13-15-21(27)31-19)33-25(29-17)26-30-18(12-10-8-6-4-2)24(34-26)20-14-16-22(28)32-20/h11,13-16H,1,4,6,8,10,12H2,2H3. The summed E-state index contributed by atoms with van der Waals surface area (Å²) in [5.74, 6) is 0. The molecule has 0 aliphatic heterocycles. The second kappa shape index (κ2) is 12.4. The molecule has 0 N–H and O–H groups in total. The lowest BCUT2D eigenvalue weighted by molar-refractivity contribution is 0.662. The number of aryl methyl sites for hydroxylation is 1. The van der Waals surface area contributed by atoms with Crippen molar-refractivity contribution in [3.63, 3.8) is 0 Å². The molecule has 0 atom stereocenters. The predicted molar refractivity (Wildman–Crippen MR) is 157 cm³/mol. The Balaban J connectivity index is 1.77. The highest BCUT2D eigenvalue weighted by Gasteiger charge is 2.20. The van der Waals surface area contributed by atoms with E-state index < -0.39 is 0 Å². The van der Waals surface area contributed by atoms with Crippen molar-refractivity contribution in [3.8, 4) is 29.5 Å². The lowest BCUT2D eigenvalue weighted by Crippen LogP contribution is -1.89. The van der Waals surface area contributed by atoms with Gasteiger partial charge < -0.3 is 0 Å². The lowest BCUT2D eigenvalue weighted by Gasteiger charge is -2.00. The Kier molecular flexibility index (Phi) is 9.36. The van der Waals surface area contributed by atoms with E-state index in [4.69, 9.17) is 9.97 Å². The molecule has 2 nitrogen and oxygen atoms in total. The van der Waals surface area contributed by atoms with Gasteiger partial charge in [0.2, 0.25) is 0 Å². The summed E-state index contributed by atoms with van der Waals surface area (Å²) < 4.78 is 2.22. The topological polar surface area (TPSA) is 25.8 Å². The number of unbranched alkanes of at least 4 members (excludes halogenated alkanes) is 3. The monoisotopic (exact) mass is 646 g/mol. The van der Waals surface area contributed by atoms with E-state index in [-0.39, 0.29) is 0 Å². The van der Waals surface area contributed by atoms with Crippen molar-refractivity contribution in [2.45, 2.75) is 39.0 Å². The Bertz CT molecular complexity index is 1450. The largest absolute Gasteiger partial charge is 0.238 e. The van der Waals surface area contributed by atoms with Gasteiger partial charge in [-0.2, -0.15) is 0 Å². The molecular weight excluding hydrogens is 628 g/mol. The molecule has 0 saturated carbocycles. The Labute approximate surface area is 232 Å². The van der Waals surface area contributed by atoms with Gasteiger partial charge in [-0.25, -0.2) is 9.97 Å². The minimum absolute atomic E-state index is 0.854. The maximum Gasteiger partial charge on any atom is 0.153 e. The van der Waals surface area contributed by atoms with Crippen LogP contribution >= 0.6 is 77.2 Å². The first kappa shape index (κ1) is 25.6. The van der Waals surface area contributed by atoms with Gasteiger partial charge in [-0.1, -0.05) is 37.6 Å². The first-order valence-electron chi connectivity index (χ1n) is 10.7. The maximum atomic E-state index is 5.10. The Morgan fingerprint density at radius 2 is 1.53 bits per heavy atom. The van der Waals surface area contributed by atoms with Crippen LogP contribution < -0.4 is 0 Å². The van der Waals surface area contributed by atoms with Crippen molar-refractivity contribution in [2.24, 2.45) is 0 Å². The summed E-state index contributed by atoms with van der Waals surface area (Å²) in [5, 5.41) is 1.90. The average Bonchev–Trinajstić information content (AvgIpc) is 3.60. The van der Waals surface area contributed by atoms with Gasteiger partial charge in [0.25, 0.3) is 0 Å². The normalized spacial score (nSPS) is 10.4. The Morgan fingerprint density at radius 3 is 2.18 bits per heavy atom. The van der Waals surface area contributed by atoms with E-state index in [1.165, 1.54) is 34.7 Å². The van der Waals surface area contributed by atoms with Crippen LogP contribution in [0.15, 0.2) is 61.3 Å². The molecule has 0 unspecified atom stereocenters. The zero-order chi connectivity index (χ0) is 23.9. The second-order valence-electron chi connectivity index (χ2n) is 7.26. The van der Waals surface area contributed by atoms with Crippen molar-refractivity contribution < 1.29 is 0 Å². The van der Waals surface area contributed by atoms with Gasteiger partial charge >= 0.3 is 0 Å². The molecule has 4 aromatic heterocycles. The number of thiophene rings is 2. The fraction of sp³-hybridized carbons (Fsp3) is 0.231. The first-order chi connectivity index (χ1) is 16.6. The molecule has 0 spiro atoms. The molecule has 0 saturated heterocycles. The molecule has 0 bridgehead atoms. The van der Waals surface area contributed by atoms with E-state index in [0.717, 1.165) is 45.9 Å². The SMILES string of the molecule is C=C=C=C=C=Cc1nc(-c2nc(CCCCCC)c(-c3ccc(Br)s3)s2)sc1-c1ccc(Br)s1. The number of halogens is 2. The smallest absolute Gasteiger partial charge is 0.153 e. The van der Waals surface area contributed by atoms with Crippen molar-refractivity contribution in [1.82, 2.24) is 9.97 Å². The number of hydrogen-bond acceptors (Lipinski definition) is 6. The summed E-state index contributed by atoms with van der Waals surface area (Å²) in [5.41, 5.74) is 13.1. The van der Waals surface area contributed by atoms with E-state index in [0.29, 0.717) is 0 Å². The molecule has 4 rings (SSSR count). The zero-order valence-corrected chi connectivity index (χ0v) is 24.9. The molecule has 4 aromatic rings. The summed E-state index contributed by atoms with van der Waals surface area (Å²) in [7, 11) is 0. The van der Waals surface area contributed by atoms with Gasteiger partial charge in [0.15, 0.2) is 10.0 Å². The number of hydrogen-bond donors (Lipinski definition) is 0. The van der Waals surface area contributed by atoms with Crippen LogP contribution in [-0.2, 0) is 6.42 Å². The van der Waals surface area contributed by atoms with Gasteiger partial charge in [0, 0.05) is 15.8 Å². The third-order valence-electron chi connectivity index (χ3n) is 4.83. The molecule has 0 amide bonds. The van der Waals surface area contributed by atoms with Crippen LogP contribution in [0.4, 0.5) is 0 Å². The number of nitrogens with zero attached hydrogens (tertiary/aromatic N) is 2. The number of thiazole rings is 2. The molecule has 0 aromatic carbocycles. The van der Waals surface area contributed by atoms with E-state index in [9.17, 15) is 0 Å². The molecule has 0 aliphatic rings. The van der Waals surface area contributed by atoms with E-state index in [2.05, 4.69) is 92.6 Å². The summed E-state index contributed by atoms with van der Waals surface area (Å²) in [6.45, 7) is 5.75. The third-order valence-corrected chi connectivity index (χ3v) is 10.7. The van der Waals surface area contributed by atoms with Gasteiger partial charge in [-0.05, 0) is 87.0 Å². The maximum absolute atomic E-state index is 5.10. The van der Waals surface area contributed by atoms with Crippen LogP contribution in [0, 0.1) is 0 Å². The number of rotatable bonds is 9. The van der Waals surface area contributed by atoms with Crippen LogP contribution in [0.1, 0.15) is 44.0 Å². The zero-order valence-electron chi connectivity index (χ0n) is 18.4. The lowest BCUT2D eigenvalue weighted by atomic mass is 10.1. The van der Waals surface area contributed by atoms with Gasteiger partial charge in [0.1, 0.15) is 0 Å². The highest BCUT2D eigenvalue weighted by molar-refractivity contribution is 9.11. The number of aromatic nitrogens is 2. The van der Waals surface area contributed by atoms with Crippen LogP contribution in [0.3, 0.4) is 0 Å². The summed E-state index contributed by atoms with van der Waals surface area (Å²) >= 11 is 14.0. The molecule has 172 valence electrons. The fourth-order valence-electron chi connectivity index (χ4n) is 3.28. The minimum atomic E-state index is 0.854. The van der Waals surface area contributed by atoms with Crippen LogP contribution in [-0.4, -0.2) is 9.97 Å². The van der Waals surface area contributed by atoms with Crippen molar-refractivity contribution in [1.29, 1.82) is 0 Å². The van der Waals surface area contributed by atoms with E-state index in [1.54, 1.807) is 45.3 Å². The first-order valence-corrected chi connectivity index (χ1v) is 15.6. The molecule has 8 heteroatoms. The summed E-state index contributed by atoms with van der Waals surface area (Å²) in [6, 6.07) is 8.46. The highest BCUT2D eigenvalue weighted by atomic mass is 79.9. The van der Waals surface area contributed by atoms with Crippen molar-refractivity contribution >= 4 is 83.3 Å². The molecule has 0 radical (unpaired) electrons. The van der Waals surface area contributed by atoms with Crippen molar-refractivity contribution in [3.05, 3.63) is 72.7 Å². The molecule has 4 heterocycles. The van der Waals surface area contributed by atoms with Gasteiger partial charge in [0.05, 0.1) is 28.7 Å². The van der Waals surface area contributed by atoms with Gasteiger partial charge in [-0.3, -0.25) is 0 Å². The van der Waals surface area contributed by atoms with Crippen molar-refractivity contribution in [2.75, 3.05) is 0 Å². The molecular formula is C26H20Br2N2S4. The quantitative estimate of drug-likeness (QED) is 0.133. The highest BCUT2D eigenvalue weighted by Crippen LogP contribution is 2.45. The van der Waals surface area contributed by atoms with E-state index >= 15 is 0 Å². The second-order valence-corrected chi connectivity index (χ2v) is 14.2.